The van der Waals surface area contributed by atoms with Crippen LogP contribution in [0.25, 0.3) is 23.0 Å². The van der Waals surface area contributed by atoms with Crippen LogP contribution in [0, 0.1) is 5.82 Å². The van der Waals surface area contributed by atoms with Gasteiger partial charge in [0, 0.05) is 41.0 Å². The maximum Gasteiger partial charge on any atom is 0.247 e. The third-order valence-electron chi connectivity index (χ3n) is 6.52. The van der Waals surface area contributed by atoms with Gasteiger partial charge in [0.2, 0.25) is 5.91 Å². The fourth-order valence-electron chi connectivity index (χ4n) is 4.53. The summed E-state index contributed by atoms with van der Waals surface area (Å²) >= 11 is 6.36. The first-order valence-electron chi connectivity index (χ1n) is 12.1. The number of halogens is 2. The van der Waals surface area contributed by atoms with Crippen molar-refractivity contribution in [3.05, 3.63) is 113 Å². The van der Waals surface area contributed by atoms with Gasteiger partial charge in [-0.2, -0.15) is 5.10 Å². The summed E-state index contributed by atoms with van der Waals surface area (Å²) in [5.41, 5.74) is 3.51. The largest absolute Gasteiger partial charge is 0.331 e. The van der Waals surface area contributed by atoms with Gasteiger partial charge >= 0.3 is 0 Å². The van der Waals surface area contributed by atoms with E-state index in [4.69, 9.17) is 16.7 Å². The maximum atomic E-state index is 13.6. The van der Waals surface area contributed by atoms with Crippen LogP contribution < -0.4 is 0 Å². The van der Waals surface area contributed by atoms with Crippen LogP contribution in [-0.2, 0) is 21.2 Å². The van der Waals surface area contributed by atoms with Crippen molar-refractivity contribution in [2.45, 2.75) is 19.0 Å². The number of amides is 1. The Balaban J connectivity index is 1.49. The van der Waals surface area contributed by atoms with Crippen molar-refractivity contribution in [1.82, 2.24) is 14.7 Å². The van der Waals surface area contributed by atoms with E-state index < -0.39 is 15.9 Å². The van der Waals surface area contributed by atoms with Gasteiger partial charge in [0.1, 0.15) is 5.82 Å². The molecule has 3 aromatic carbocycles. The molecule has 5 rings (SSSR count). The minimum absolute atomic E-state index is 0.0479. The number of hydrogen-bond acceptors (Lipinski definition) is 4. The van der Waals surface area contributed by atoms with E-state index in [0.29, 0.717) is 28.3 Å². The summed E-state index contributed by atoms with van der Waals surface area (Å²) in [4.78, 5) is 15.1. The summed E-state index contributed by atoms with van der Waals surface area (Å²) in [6.45, 7) is 0.192. The molecule has 1 fully saturated rings. The van der Waals surface area contributed by atoms with Gasteiger partial charge in [-0.05, 0) is 60.5 Å². The van der Waals surface area contributed by atoms with Gasteiger partial charge in [-0.15, -0.1) is 0 Å². The molecule has 1 unspecified atom stereocenters. The van der Waals surface area contributed by atoms with E-state index in [0.717, 1.165) is 11.3 Å². The van der Waals surface area contributed by atoms with E-state index in [1.165, 1.54) is 18.2 Å². The Hall–Kier alpha value is -3.75. The fraction of sp³-hybridized carbons (Fsp3) is 0.172. The molecule has 1 atom stereocenters. The van der Waals surface area contributed by atoms with Gasteiger partial charge in [-0.25, -0.2) is 17.5 Å². The van der Waals surface area contributed by atoms with Crippen molar-refractivity contribution in [2.24, 2.45) is 0 Å². The monoisotopic (exact) mass is 549 g/mol. The molecule has 0 aliphatic carbocycles. The highest BCUT2D eigenvalue weighted by molar-refractivity contribution is 7.91. The summed E-state index contributed by atoms with van der Waals surface area (Å²) in [6, 6.07) is 22.3. The Labute approximate surface area is 225 Å². The normalized spacial score (nSPS) is 16.6. The Morgan fingerprint density at radius 2 is 1.76 bits per heavy atom. The van der Waals surface area contributed by atoms with Crippen LogP contribution in [0.15, 0.2) is 91.1 Å². The van der Waals surface area contributed by atoms with Crippen molar-refractivity contribution in [3.63, 3.8) is 0 Å². The molecule has 4 aromatic rings. The number of aromatic nitrogens is 2. The number of carbonyl (C=O) groups excluding carboxylic acids is 1. The van der Waals surface area contributed by atoms with Crippen LogP contribution in [0.1, 0.15) is 17.5 Å². The van der Waals surface area contributed by atoms with E-state index in [2.05, 4.69) is 0 Å². The topological polar surface area (TPSA) is 72.3 Å². The van der Waals surface area contributed by atoms with Crippen LogP contribution in [0.5, 0.6) is 0 Å². The number of hydrogen-bond donors (Lipinski definition) is 0. The molecule has 0 spiro atoms. The van der Waals surface area contributed by atoms with Crippen LogP contribution in [0.3, 0.4) is 0 Å². The number of carbonyl (C=O) groups is 1. The molecule has 38 heavy (non-hydrogen) atoms. The predicted octanol–water partition coefficient (Wildman–Crippen LogP) is 5.56. The molecule has 0 bridgehead atoms. The Kier molecular flexibility index (Phi) is 7.44. The maximum absolute atomic E-state index is 13.6. The number of para-hydroxylation sites is 1. The van der Waals surface area contributed by atoms with Gasteiger partial charge in [0.05, 0.1) is 22.9 Å². The molecule has 2 heterocycles. The first-order chi connectivity index (χ1) is 18.3. The minimum atomic E-state index is -3.21. The van der Waals surface area contributed by atoms with E-state index in [1.54, 1.807) is 46.1 Å². The zero-order chi connectivity index (χ0) is 26.7. The molecule has 6 nitrogen and oxygen atoms in total. The molecule has 1 aliphatic heterocycles. The Morgan fingerprint density at radius 1 is 1.05 bits per heavy atom. The van der Waals surface area contributed by atoms with Crippen LogP contribution >= 0.6 is 11.6 Å². The second-order valence-electron chi connectivity index (χ2n) is 9.17. The van der Waals surface area contributed by atoms with Gasteiger partial charge in [-0.1, -0.05) is 48.0 Å². The number of nitrogens with zero attached hydrogens (tertiary/aromatic N) is 3. The lowest BCUT2D eigenvalue weighted by Crippen LogP contribution is -2.39. The summed E-state index contributed by atoms with van der Waals surface area (Å²) in [5, 5.41) is 5.21. The molecular weight excluding hydrogens is 525 g/mol. The molecular formula is C29H25ClFN3O3S. The van der Waals surface area contributed by atoms with E-state index >= 15 is 0 Å². The molecule has 0 N–H and O–H groups in total. The summed E-state index contributed by atoms with van der Waals surface area (Å²) < 4.78 is 39.7. The highest BCUT2D eigenvalue weighted by Crippen LogP contribution is 2.27. The van der Waals surface area contributed by atoms with Crippen molar-refractivity contribution in [1.29, 1.82) is 0 Å². The molecule has 1 amide bonds. The molecule has 1 aliphatic rings. The summed E-state index contributed by atoms with van der Waals surface area (Å²) in [5.74, 6) is -0.717. The standard InChI is InChI=1S/C29H25ClFN3O3S/c30-27-9-5-4-6-22(27)18-33(26-16-17-38(36,37)20-26)28(35)15-12-23-19-34(25-7-2-1-3-8-25)32-29(23)21-10-13-24(31)14-11-21/h1-15,19,26H,16-18,20H2. The van der Waals surface area contributed by atoms with Crippen molar-refractivity contribution in [3.8, 4) is 16.9 Å². The van der Waals surface area contributed by atoms with Crippen molar-refractivity contribution in [2.75, 3.05) is 11.5 Å². The smallest absolute Gasteiger partial charge is 0.247 e. The molecule has 0 radical (unpaired) electrons. The first kappa shape index (κ1) is 25.9. The predicted molar refractivity (Wildman–Crippen MR) is 147 cm³/mol. The fourth-order valence-corrected chi connectivity index (χ4v) is 6.46. The lowest BCUT2D eigenvalue weighted by Gasteiger charge is -2.27. The third-order valence-corrected chi connectivity index (χ3v) is 8.64. The van der Waals surface area contributed by atoms with Gasteiger partial charge in [0.25, 0.3) is 0 Å². The zero-order valence-corrected chi connectivity index (χ0v) is 21.9. The number of benzene rings is 3. The molecule has 1 aromatic heterocycles. The van der Waals surface area contributed by atoms with Crippen LogP contribution in [0.4, 0.5) is 4.39 Å². The van der Waals surface area contributed by atoms with Crippen LogP contribution in [0.2, 0.25) is 5.02 Å². The highest BCUT2D eigenvalue weighted by Gasteiger charge is 2.34. The average Bonchev–Trinajstić information content (AvgIpc) is 3.50. The van der Waals surface area contributed by atoms with E-state index in [9.17, 15) is 17.6 Å². The second kappa shape index (κ2) is 10.9. The number of sulfone groups is 1. The quantitative estimate of drug-likeness (QED) is 0.283. The Bertz CT molecular complexity index is 1590. The van der Waals surface area contributed by atoms with Gasteiger partial charge in [-0.3, -0.25) is 4.79 Å². The average molecular weight is 550 g/mol. The van der Waals surface area contributed by atoms with Gasteiger partial charge in [0.15, 0.2) is 9.84 Å². The van der Waals surface area contributed by atoms with Crippen molar-refractivity contribution < 1.29 is 17.6 Å². The second-order valence-corrected chi connectivity index (χ2v) is 11.8. The minimum Gasteiger partial charge on any atom is -0.331 e. The lowest BCUT2D eigenvalue weighted by atomic mass is 10.1. The van der Waals surface area contributed by atoms with Gasteiger partial charge < -0.3 is 4.90 Å². The molecule has 194 valence electrons. The van der Waals surface area contributed by atoms with Crippen LogP contribution in [-0.4, -0.2) is 46.6 Å². The third kappa shape index (κ3) is 5.87. The van der Waals surface area contributed by atoms with E-state index in [1.807, 2.05) is 42.5 Å². The first-order valence-corrected chi connectivity index (χ1v) is 14.3. The molecule has 9 heteroatoms. The number of rotatable bonds is 7. The molecule has 0 saturated carbocycles. The lowest BCUT2D eigenvalue weighted by molar-refractivity contribution is -0.128. The SMILES string of the molecule is O=C(C=Cc1cn(-c2ccccc2)nc1-c1ccc(F)cc1)N(Cc1ccccc1Cl)C1CCS(=O)(=O)C1. The van der Waals surface area contributed by atoms with Crippen molar-refractivity contribution >= 4 is 33.4 Å². The zero-order valence-electron chi connectivity index (χ0n) is 20.4. The Morgan fingerprint density at radius 3 is 2.45 bits per heavy atom. The van der Waals surface area contributed by atoms with E-state index in [-0.39, 0.29) is 29.8 Å². The molecule has 1 saturated heterocycles. The summed E-state index contributed by atoms with van der Waals surface area (Å²) in [7, 11) is -3.21. The summed E-state index contributed by atoms with van der Waals surface area (Å²) in [6.07, 6.45) is 5.27. The highest BCUT2D eigenvalue weighted by atomic mass is 35.5.